The minimum atomic E-state index is 0.340. The minimum absolute atomic E-state index is 0.340. The van der Waals surface area contributed by atoms with Crippen molar-refractivity contribution in [3.63, 3.8) is 0 Å². The molecule has 5 nitrogen and oxygen atoms in total. The van der Waals surface area contributed by atoms with Crippen LogP contribution < -0.4 is 4.74 Å². The Morgan fingerprint density at radius 1 is 1.27 bits per heavy atom. The summed E-state index contributed by atoms with van der Waals surface area (Å²) in [6, 6.07) is 12.7. The Morgan fingerprint density at radius 3 is 2.85 bits per heavy atom. The first kappa shape index (κ1) is 18.4. The molecule has 8 heteroatoms. The number of hydrogen-bond donors (Lipinski definition) is 1. The summed E-state index contributed by atoms with van der Waals surface area (Å²) in [5, 5.41) is 12.4. The van der Waals surface area contributed by atoms with E-state index in [-0.39, 0.29) is 0 Å². The molecule has 0 unspecified atom stereocenters. The van der Waals surface area contributed by atoms with Gasteiger partial charge in [-0.1, -0.05) is 48.0 Å². The molecule has 1 heterocycles. The molecule has 0 aliphatic carbocycles. The summed E-state index contributed by atoms with van der Waals surface area (Å²) in [4.78, 5) is 0. The van der Waals surface area contributed by atoms with Crippen molar-refractivity contribution in [3.05, 3.63) is 75.5 Å². The van der Waals surface area contributed by atoms with Crippen molar-refractivity contribution in [2.75, 3.05) is 6.61 Å². The first-order chi connectivity index (χ1) is 12.6. The number of H-pyrrole nitrogens is 1. The van der Waals surface area contributed by atoms with Gasteiger partial charge in [0.05, 0.1) is 11.2 Å². The van der Waals surface area contributed by atoms with Gasteiger partial charge in [-0.15, -0.1) is 0 Å². The molecule has 1 aromatic heterocycles. The molecule has 0 saturated carbocycles. The van der Waals surface area contributed by atoms with Crippen LogP contribution in [-0.4, -0.2) is 27.7 Å². The predicted molar refractivity (Wildman–Crippen MR) is 108 cm³/mol. The average Bonchev–Trinajstić information content (AvgIpc) is 2.99. The third kappa shape index (κ3) is 4.04. The van der Waals surface area contributed by atoms with E-state index in [1.807, 2.05) is 24.3 Å². The smallest absolute Gasteiger partial charge is 0.216 e. The molecule has 0 amide bonds. The van der Waals surface area contributed by atoms with Crippen LogP contribution in [0.2, 0.25) is 10.0 Å². The van der Waals surface area contributed by atoms with Crippen LogP contribution >= 0.6 is 35.4 Å². The van der Waals surface area contributed by atoms with Gasteiger partial charge in [0.1, 0.15) is 12.4 Å². The highest BCUT2D eigenvalue weighted by Gasteiger charge is 2.12. The van der Waals surface area contributed by atoms with Crippen LogP contribution in [0.25, 0.3) is 11.4 Å². The number of halogens is 2. The summed E-state index contributed by atoms with van der Waals surface area (Å²) in [5.41, 5.74) is 1.46. The zero-order valence-electron chi connectivity index (χ0n) is 13.5. The lowest BCUT2D eigenvalue weighted by Crippen LogP contribution is -1.99. The highest BCUT2D eigenvalue weighted by molar-refractivity contribution is 7.71. The molecular formula is C18H14Cl2N4OS. The largest absolute Gasteiger partial charge is 0.489 e. The molecule has 0 aliphatic heterocycles. The van der Waals surface area contributed by atoms with E-state index >= 15 is 0 Å². The lowest BCUT2D eigenvalue weighted by atomic mass is 10.2. The molecule has 0 aliphatic rings. The van der Waals surface area contributed by atoms with E-state index in [1.54, 1.807) is 30.5 Å². The normalized spacial score (nSPS) is 11.0. The fourth-order valence-electron chi connectivity index (χ4n) is 2.23. The van der Waals surface area contributed by atoms with Gasteiger partial charge in [0.15, 0.2) is 5.82 Å². The van der Waals surface area contributed by atoms with Crippen molar-refractivity contribution >= 4 is 41.6 Å². The van der Waals surface area contributed by atoms with Crippen LogP contribution in [0, 0.1) is 4.77 Å². The molecule has 1 N–H and O–H groups in total. The highest BCUT2D eigenvalue weighted by atomic mass is 35.5. The molecule has 132 valence electrons. The van der Waals surface area contributed by atoms with Crippen molar-refractivity contribution in [2.45, 2.75) is 0 Å². The quantitative estimate of drug-likeness (QED) is 0.341. The lowest BCUT2D eigenvalue weighted by molar-refractivity contribution is 0.362. The van der Waals surface area contributed by atoms with Gasteiger partial charge >= 0.3 is 0 Å². The van der Waals surface area contributed by atoms with E-state index in [9.17, 15) is 0 Å². The minimum Gasteiger partial charge on any atom is -0.489 e. The molecule has 0 saturated heterocycles. The van der Waals surface area contributed by atoms with E-state index in [0.717, 1.165) is 5.56 Å². The summed E-state index contributed by atoms with van der Waals surface area (Å²) < 4.78 is 7.46. The highest BCUT2D eigenvalue weighted by Crippen LogP contribution is 2.29. The summed E-state index contributed by atoms with van der Waals surface area (Å²) in [6.07, 6.45) is 3.33. The van der Waals surface area contributed by atoms with E-state index in [4.69, 9.17) is 40.2 Å². The molecule has 26 heavy (non-hydrogen) atoms. The monoisotopic (exact) mass is 404 g/mol. The fourth-order valence-corrected chi connectivity index (χ4v) is 2.90. The Balaban J connectivity index is 1.99. The zero-order chi connectivity index (χ0) is 18.5. The molecule has 0 atom stereocenters. The zero-order valence-corrected chi connectivity index (χ0v) is 15.9. The number of nitrogens with zero attached hydrogens (tertiary/aromatic N) is 3. The van der Waals surface area contributed by atoms with E-state index in [1.165, 1.54) is 4.68 Å². The molecular weight excluding hydrogens is 391 g/mol. The van der Waals surface area contributed by atoms with Crippen LogP contribution in [0.5, 0.6) is 5.75 Å². The second-order valence-corrected chi connectivity index (χ2v) is 6.40. The fraction of sp³-hybridized carbons (Fsp3) is 0.0556. The van der Waals surface area contributed by atoms with Gasteiger partial charge in [-0.3, -0.25) is 0 Å². The summed E-state index contributed by atoms with van der Waals surface area (Å²) >= 11 is 17.5. The first-order valence-corrected chi connectivity index (χ1v) is 8.76. The van der Waals surface area contributed by atoms with Crippen molar-refractivity contribution in [1.29, 1.82) is 0 Å². The predicted octanol–water partition coefficient (Wildman–Crippen LogP) is 5.36. The lowest BCUT2D eigenvalue weighted by Gasteiger charge is -2.07. The SMILES string of the molecule is C=CCOc1ccccc1/C=N\n1c(-c2ccc(Cl)cc2Cl)n[nH]c1=S. The first-order valence-electron chi connectivity index (χ1n) is 7.60. The molecule has 0 bridgehead atoms. The van der Waals surface area contributed by atoms with Crippen LogP contribution in [0.1, 0.15) is 5.56 Å². The standard InChI is InChI=1S/C18H14Cl2N4OS/c1-2-9-25-16-6-4-3-5-12(16)11-21-24-17(22-23-18(24)26)14-8-7-13(19)10-15(14)20/h2-8,10-11H,1,9H2,(H,23,26)/b21-11-. The van der Waals surface area contributed by atoms with Crippen LogP contribution in [0.15, 0.2) is 60.2 Å². The van der Waals surface area contributed by atoms with Gasteiger partial charge in [0.2, 0.25) is 4.77 Å². The van der Waals surface area contributed by atoms with Crippen LogP contribution in [0.3, 0.4) is 0 Å². The Hall–Kier alpha value is -2.41. The van der Waals surface area contributed by atoms with Gasteiger partial charge in [-0.05, 0) is 42.5 Å². The second kappa shape index (κ2) is 8.31. The van der Waals surface area contributed by atoms with E-state index in [2.05, 4.69) is 21.9 Å². The molecule has 0 fully saturated rings. The Morgan fingerprint density at radius 2 is 2.08 bits per heavy atom. The maximum Gasteiger partial charge on any atom is 0.216 e. The maximum atomic E-state index is 6.28. The number of para-hydroxylation sites is 1. The molecule has 2 aromatic carbocycles. The number of hydrogen-bond acceptors (Lipinski definition) is 4. The number of ether oxygens (including phenoxy) is 1. The van der Waals surface area contributed by atoms with Crippen LogP contribution in [0.4, 0.5) is 0 Å². The summed E-state index contributed by atoms with van der Waals surface area (Å²) in [6.45, 7) is 4.06. The topological polar surface area (TPSA) is 55.2 Å². The third-order valence-electron chi connectivity index (χ3n) is 3.41. The number of nitrogens with one attached hydrogen (secondary N) is 1. The van der Waals surface area contributed by atoms with E-state index in [0.29, 0.717) is 38.6 Å². The average molecular weight is 405 g/mol. The van der Waals surface area contributed by atoms with Gasteiger partial charge in [-0.25, -0.2) is 5.10 Å². The Bertz CT molecular complexity index is 1030. The molecule has 0 radical (unpaired) electrons. The molecule has 3 rings (SSSR count). The number of aromatic amines is 1. The summed E-state index contributed by atoms with van der Waals surface area (Å²) in [5.74, 6) is 1.18. The van der Waals surface area contributed by atoms with E-state index < -0.39 is 0 Å². The number of benzene rings is 2. The Labute approximate surface area is 165 Å². The van der Waals surface area contributed by atoms with Crippen molar-refractivity contribution in [1.82, 2.24) is 14.9 Å². The maximum absolute atomic E-state index is 6.28. The second-order valence-electron chi connectivity index (χ2n) is 5.17. The van der Waals surface area contributed by atoms with Gasteiger partial charge in [0, 0.05) is 16.1 Å². The molecule has 0 spiro atoms. The third-order valence-corrected chi connectivity index (χ3v) is 4.22. The van der Waals surface area contributed by atoms with Gasteiger partial charge < -0.3 is 4.74 Å². The van der Waals surface area contributed by atoms with Crippen molar-refractivity contribution in [3.8, 4) is 17.1 Å². The summed E-state index contributed by atoms with van der Waals surface area (Å²) in [7, 11) is 0. The number of aromatic nitrogens is 3. The Kier molecular flexibility index (Phi) is 5.88. The van der Waals surface area contributed by atoms with Crippen LogP contribution in [-0.2, 0) is 0 Å². The molecule has 3 aromatic rings. The van der Waals surface area contributed by atoms with Crippen molar-refractivity contribution in [2.24, 2.45) is 5.10 Å². The van der Waals surface area contributed by atoms with Crippen molar-refractivity contribution < 1.29 is 4.74 Å². The van der Waals surface area contributed by atoms with Gasteiger partial charge in [-0.2, -0.15) is 14.9 Å². The number of rotatable bonds is 6. The van der Waals surface area contributed by atoms with Gasteiger partial charge in [0.25, 0.3) is 0 Å².